The second kappa shape index (κ2) is 13.7. The van der Waals surface area contributed by atoms with Crippen LogP contribution in [0.3, 0.4) is 0 Å². The second-order valence-corrected chi connectivity index (χ2v) is 16.9. The lowest BCUT2D eigenvalue weighted by Gasteiger charge is -2.33. The number of anilines is 1. The lowest BCUT2D eigenvalue weighted by atomic mass is 9.70. The van der Waals surface area contributed by atoms with E-state index >= 15 is 0 Å². The number of hydrogen-bond acceptors (Lipinski definition) is 3. The zero-order valence-electron chi connectivity index (χ0n) is 34.1. The smallest absolute Gasteiger partial charge is 0.178 e. The number of allylic oxidation sites excluding steroid dienone is 3. The topological polar surface area (TPSA) is 21.7 Å². The van der Waals surface area contributed by atoms with Gasteiger partial charge in [0.05, 0.1) is 5.41 Å². The largest absolute Gasteiger partial charge is 0.449 e. The third-order valence-electron chi connectivity index (χ3n) is 13.7. The fourth-order valence-electron chi connectivity index (χ4n) is 11.1. The molecule has 0 radical (unpaired) electrons. The second-order valence-electron chi connectivity index (χ2n) is 16.9. The number of benzene rings is 8. The van der Waals surface area contributed by atoms with E-state index in [1.54, 1.807) is 0 Å². The van der Waals surface area contributed by atoms with Crippen LogP contribution in [0.1, 0.15) is 53.0 Å². The molecule has 62 heavy (non-hydrogen) atoms. The van der Waals surface area contributed by atoms with Gasteiger partial charge >= 0.3 is 0 Å². The average Bonchev–Trinajstić information content (AvgIpc) is 3.82. The molecule has 0 saturated carbocycles. The summed E-state index contributed by atoms with van der Waals surface area (Å²) < 4.78 is 14.2. The Morgan fingerprint density at radius 1 is 0.516 bits per heavy atom. The van der Waals surface area contributed by atoms with Crippen molar-refractivity contribution in [3.05, 3.63) is 244 Å². The van der Waals surface area contributed by atoms with Crippen LogP contribution < -0.4 is 24.8 Å². The average molecular weight is 796 g/mol. The van der Waals surface area contributed by atoms with Crippen LogP contribution in [0.15, 0.2) is 206 Å². The van der Waals surface area contributed by atoms with Crippen molar-refractivity contribution in [3.63, 3.8) is 0 Å². The van der Waals surface area contributed by atoms with Crippen molar-refractivity contribution in [2.45, 2.75) is 30.6 Å². The molecule has 3 heteroatoms. The first-order chi connectivity index (χ1) is 30.8. The van der Waals surface area contributed by atoms with E-state index in [1.165, 1.54) is 66.2 Å². The van der Waals surface area contributed by atoms with E-state index < -0.39 is 5.41 Å². The molecule has 0 aromatic heterocycles. The molecule has 0 amide bonds. The fourth-order valence-corrected chi connectivity index (χ4v) is 11.1. The quantitative estimate of drug-likeness (QED) is 0.173. The van der Waals surface area contributed by atoms with Gasteiger partial charge in [0, 0.05) is 39.3 Å². The Hall–Kier alpha value is -7.62. The fraction of sp³-hybridized carbons (Fsp3) is 0.0847. The maximum absolute atomic E-state index is 7.34. The molecule has 13 rings (SSSR count). The highest BCUT2D eigenvalue weighted by Gasteiger charge is 2.53. The van der Waals surface area contributed by atoms with E-state index in [0.717, 1.165) is 64.8 Å². The first kappa shape index (κ1) is 35.2. The Morgan fingerprint density at radius 3 is 1.97 bits per heavy atom. The van der Waals surface area contributed by atoms with Crippen molar-refractivity contribution in [2.75, 3.05) is 4.90 Å². The monoisotopic (exact) mass is 795 g/mol. The summed E-state index contributed by atoms with van der Waals surface area (Å²) in [6.07, 6.45) is 12.2. The van der Waals surface area contributed by atoms with Gasteiger partial charge in [-0.25, -0.2) is 0 Å². The molecule has 0 N–H and O–H groups in total. The van der Waals surface area contributed by atoms with E-state index in [4.69, 9.17) is 9.47 Å². The van der Waals surface area contributed by atoms with Crippen LogP contribution in [-0.2, 0) is 5.41 Å². The van der Waals surface area contributed by atoms with Crippen molar-refractivity contribution in [2.24, 2.45) is 0 Å². The van der Waals surface area contributed by atoms with Crippen molar-refractivity contribution in [3.8, 4) is 56.4 Å². The molecule has 1 atom stereocenters. The first-order valence-corrected chi connectivity index (χ1v) is 21.8. The van der Waals surface area contributed by atoms with Crippen LogP contribution in [-0.4, -0.2) is 0 Å². The highest BCUT2D eigenvalue weighted by molar-refractivity contribution is 5.98. The highest BCUT2D eigenvalue weighted by Crippen LogP contribution is 2.66. The molecule has 3 nitrogen and oxygen atoms in total. The molecule has 1 spiro atoms. The summed E-state index contributed by atoms with van der Waals surface area (Å²) in [6, 6.07) is 66.1. The zero-order chi connectivity index (χ0) is 40.8. The summed E-state index contributed by atoms with van der Waals surface area (Å²) >= 11 is 0. The molecule has 1 heterocycles. The number of para-hydroxylation sites is 1. The summed E-state index contributed by atoms with van der Waals surface area (Å²) in [5, 5.41) is 2.57. The van der Waals surface area contributed by atoms with Gasteiger partial charge < -0.3 is 14.4 Å². The Labute approximate surface area is 361 Å². The summed E-state index contributed by atoms with van der Waals surface area (Å²) in [5.74, 6) is 3.12. The van der Waals surface area contributed by atoms with E-state index in [1.807, 2.05) is 6.07 Å². The molecule has 1 unspecified atom stereocenters. The third-order valence-corrected chi connectivity index (χ3v) is 13.7. The van der Waals surface area contributed by atoms with E-state index in [0.29, 0.717) is 0 Å². The molecule has 8 aromatic rings. The Kier molecular flexibility index (Phi) is 7.77. The van der Waals surface area contributed by atoms with Crippen molar-refractivity contribution >= 4 is 17.5 Å². The Bertz CT molecular complexity index is 3290. The minimum Gasteiger partial charge on any atom is -0.449 e. The lowest BCUT2D eigenvalue weighted by Crippen LogP contribution is -2.36. The minimum atomic E-state index is -0.459. The SMILES string of the molecule is C1=CC(N(C2=c3ccccc3=CCC2)c2ccc(-c3ccccc3)cc2)=CC(c2cccc3c2Oc2c(ccc4c2-c2ccccc2C42c4ccccc4-c4ccccc42)O3)C1. The number of fused-ring (bicyclic) bond motifs is 14. The van der Waals surface area contributed by atoms with E-state index in [9.17, 15) is 0 Å². The molecular weight excluding hydrogens is 755 g/mol. The van der Waals surface area contributed by atoms with Crippen LogP contribution in [0.4, 0.5) is 5.69 Å². The standard InChI is InChI=1S/C59H41NO2/c1-2-15-38(16-3-1)39-31-33-42(34-32-39)60(53-29-13-18-40-17-4-5-21-44(40)53)43-20-12-19-41(37-43)45-25-14-30-54-57(45)62-58-55(61-54)36-35-52-56(58)48-24-8-11-28-51(48)59(52)49-26-9-6-22-46(49)47-23-7-10-27-50(47)59/h1-12,14-18,20-28,30-37,41H,13,19,29H2. The molecule has 5 aliphatic rings. The van der Waals surface area contributed by atoms with Crippen LogP contribution >= 0.6 is 0 Å². The first-order valence-electron chi connectivity index (χ1n) is 21.8. The zero-order valence-corrected chi connectivity index (χ0v) is 34.1. The molecule has 0 fully saturated rings. The van der Waals surface area contributed by atoms with Crippen LogP contribution in [0, 0.1) is 0 Å². The number of hydrogen-bond donors (Lipinski definition) is 0. The van der Waals surface area contributed by atoms with Crippen molar-refractivity contribution < 1.29 is 9.47 Å². The van der Waals surface area contributed by atoms with Gasteiger partial charge in [0.2, 0.25) is 0 Å². The highest BCUT2D eigenvalue weighted by atomic mass is 16.6. The molecule has 0 saturated heterocycles. The van der Waals surface area contributed by atoms with Gasteiger partial charge in [0.25, 0.3) is 0 Å². The maximum Gasteiger partial charge on any atom is 0.178 e. The van der Waals surface area contributed by atoms with Crippen LogP contribution in [0.25, 0.3) is 45.2 Å². The third kappa shape index (κ3) is 5.06. The molecule has 8 aromatic carbocycles. The molecule has 1 aliphatic heterocycles. The normalized spacial score (nSPS) is 16.5. The van der Waals surface area contributed by atoms with Gasteiger partial charge in [-0.2, -0.15) is 0 Å². The predicted octanol–water partition coefficient (Wildman–Crippen LogP) is 13.4. The summed E-state index contributed by atoms with van der Waals surface area (Å²) in [7, 11) is 0. The van der Waals surface area contributed by atoms with Gasteiger partial charge in [0.15, 0.2) is 23.0 Å². The van der Waals surface area contributed by atoms with Gasteiger partial charge in [-0.1, -0.05) is 176 Å². The summed E-state index contributed by atoms with van der Waals surface area (Å²) in [6.45, 7) is 0. The predicted molar refractivity (Wildman–Crippen MR) is 251 cm³/mol. The molecule has 294 valence electrons. The van der Waals surface area contributed by atoms with Gasteiger partial charge in [-0.15, -0.1) is 0 Å². The summed E-state index contributed by atoms with van der Waals surface area (Å²) in [4.78, 5) is 2.49. The molecule has 4 aliphatic carbocycles. The maximum atomic E-state index is 7.34. The number of ether oxygens (including phenoxy) is 2. The van der Waals surface area contributed by atoms with Gasteiger partial charge in [-0.3, -0.25) is 0 Å². The van der Waals surface area contributed by atoms with Gasteiger partial charge in [0.1, 0.15) is 0 Å². The van der Waals surface area contributed by atoms with Gasteiger partial charge in [-0.05, 0) is 105 Å². The number of rotatable bonds is 5. The molecular formula is C59H41NO2. The van der Waals surface area contributed by atoms with E-state index in [2.05, 4.69) is 205 Å². The minimum absolute atomic E-state index is 0.0520. The van der Waals surface area contributed by atoms with Crippen molar-refractivity contribution in [1.82, 2.24) is 0 Å². The Morgan fingerprint density at radius 2 is 1.18 bits per heavy atom. The Balaban J connectivity index is 0.942. The number of nitrogens with zero attached hydrogens (tertiary/aromatic N) is 1. The van der Waals surface area contributed by atoms with Crippen LogP contribution in [0.5, 0.6) is 23.0 Å². The van der Waals surface area contributed by atoms with Crippen molar-refractivity contribution in [1.29, 1.82) is 0 Å². The van der Waals surface area contributed by atoms with E-state index in [-0.39, 0.29) is 5.92 Å². The molecule has 0 bridgehead atoms. The summed E-state index contributed by atoms with van der Waals surface area (Å²) in [5.41, 5.74) is 16.7. The lowest BCUT2D eigenvalue weighted by molar-refractivity contribution is 0.356. The van der Waals surface area contributed by atoms with Crippen LogP contribution in [0.2, 0.25) is 0 Å².